The third-order valence-corrected chi connectivity index (χ3v) is 5.07. The molecule has 1 amide bonds. The lowest BCUT2D eigenvalue weighted by atomic mass is 10.0. The van der Waals surface area contributed by atoms with Crippen molar-refractivity contribution in [2.45, 2.75) is 18.9 Å². The molecule has 2 N–H and O–H groups in total. The highest BCUT2D eigenvalue weighted by Crippen LogP contribution is 2.18. The fourth-order valence-electron chi connectivity index (χ4n) is 3.58. The normalized spacial score (nSPS) is 12.0. The molecule has 4 aromatic rings. The number of carbonyl (C=O) groups excluding carboxylic acids is 1. The van der Waals surface area contributed by atoms with Gasteiger partial charge in [0.1, 0.15) is 6.04 Å². The number of nitrogens with one attached hydrogen (secondary N) is 1. The van der Waals surface area contributed by atoms with E-state index >= 15 is 0 Å². The third-order valence-electron chi connectivity index (χ3n) is 5.07. The molecule has 4 heteroatoms. The number of rotatable bonds is 6. The van der Waals surface area contributed by atoms with E-state index in [0.717, 1.165) is 32.7 Å². The van der Waals surface area contributed by atoms with Crippen LogP contribution in [0.3, 0.4) is 0 Å². The van der Waals surface area contributed by atoms with Gasteiger partial charge in [0, 0.05) is 6.42 Å². The van der Waals surface area contributed by atoms with Crippen molar-refractivity contribution in [3.63, 3.8) is 0 Å². The van der Waals surface area contributed by atoms with Gasteiger partial charge in [-0.3, -0.25) is 4.79 Å². The second kappa shape index (κ2) is 8.15. The van der Waals surface area contributed by atoms with Crippen LogP contribution < -0.4 is 5.32 Å². The van der Waals surface area contributed by atoms with Crippen LogP contribution in [0.2, 0.25) is 0 Å². The second-order valence-electron chi connectivity index (χ2n) is 7.20. The first-order valence-corrected chi connectivity index (χ1v) is 9.56. The second-order valence-corrected chi connectivity index (χ2v) is 7.20. The summed E-state index contributed by atoms with van der Waals surface area (Å²) in [5.41, 5.74) is 1.73. The maximum absolute atomic E-state index is 12.5. The van der Waals surface area contributed by atoms with E-state index in [1.165, 1.54) is 0 Å². The molecule has 0 unspecified atom stereocenters. The number of carboxylic acid groups (broad SMARTS) is 1. The Balaban J connectivity index is 1.46. The van der Waals surface area contributed by atoms with E-state index in [0.29, 0.717) is 0 Å². The first-order valence-electron chi connectivity index (χ1n) is 9.56. The van der Waals surface area contributed by atoms with Crippen LogP contribution in [0.25, 0.3) is 21.5 Å². The Hall–Kier alpha value is -3.66. The van der Waals surface area contributed by atoms with Crippen LogP contribution >= 0.6 is 0 Å². The standard InChI is InChI=1S/C25H21NO3/c27-24(16-18-10-12-20-6-2-4-8-22(20)14-18)26-23(25(28)29)15-17-9-11-19-5-1-3-7-21(19)13-17/h1-14,23H,15-16H2,(H,26,27)(H,28,29)/t23-/m0/s1. The summed E-state index contributed by atoms with van der Waals surface area (Å²) in [6.07, 6.45) is 0.385. The minimum absolute atomic E-state index is 0.145. The van der Waals surface area contributed by atoms with Crippen LogP contribution in [-0.4, -0.2) is 23.0 Å². The maximum Gasteiger partial charge on any atom is 0.326 e. The molecule has 0 aliphatic carbocycles. The Morgan fingerprint density at radius 3 is 1.83 bits per heavy atom. The molecule has 0 aliphatic rings. The van der Waals surface area contributed by atoms with Crippen LogP contribution in [0.1, 0.15) is 11.1 Å². The zero-order chi connectivity index (χ0) is 20.2. The fourth-order valence-corrected chi connectivity index (χ4v) is 3.58. The van der Waals surface area contributed by atoms with Gasteiger partial charge in [0.05, 0.1) is 6.42 Å². The van der Waals surface area contributed by atoms with Gasteiger partial charge in [-0.2, -0.15) is 0 Å². The van der Waals surface area contributed by atoms with Gasteiger partial charge in [-0.15, -0.1) is 0 Å². The number of benzene rings is 4. The largest absolute Gasteiger partial charge is 0.480 e. The van der Waals surface area contributed by atoms with Crippen molar-refractivity contribution in [2.75, 3.05) is 0 Å². The molecule has 0 aliphatic heterocycles. The number of carboxylic acids is 1. The van der Waals surface area contributed by atoms with E-state index in [-0.39, 0.29) is 18.7 Å². The molecular weight excluding hydrogens is 362 g/mol. The summed E-state index contributed by atoms with van der Waals surface area (Å²) < 4.78 is 0. The van der Waals surface area contributed by atoms with Crippen LogP contribution in [0.5, 0.6) is 0 Å². The van der Waals surface area contributed by atoms with E-state index in [1.807, 2.05) is 84.9 Å². The topological polar surface area (TPSA) is 66.4 Å². The monoisotopic (exact) mass is 383 g/mol. The highest BCUT2D eigenvalue weighted by atomic mass is 16.4. The van der Waals surface area contributed by atoms with Crippen molar-refractivity contribution in [3.05, 3.63) is 96.1 Å². The highest BCUT2D eigenvalue weighted by molar-refractivity contribution is 5.88. The third kappa shape index (κ3) is 4.43. The predicted molar refractivity (Wildman–Crippen MR) is 115 cm³/mol. The molecule has 0 bridgehead atoms. The maximum atomic E-state index is 12.5. The molecule has 4 rings (SSSR count). The summed E-state index contributed by atoms with van der Waals surface area (Å²) in [6, 6.07) is 26.6. The SMILES string of the molecule is O=C(Cc1ccc2ccccc2c1)N[C@@H](Cc1ccc2ccccc2c1)C(=O)O. The summed E-state index contributed by atoms with van der Waals surface area (Å²) in [7, 11) is 0. The van der Waals surface area contributed by atoms with Crippen molar-refractivity contribution in [3.8, 4) is 0 Å². The minimum atomic E-state index is -1.04. The number of fused-ring (bicyclic) bond motifs is 2. The summed E-state index contributed by atoms with van der Waals surface area (Å²) in [5, 5.41) is 16.6. The molecule has 144 valence electrons. The zero-order valence-corrected chi connectivity index (χ0v) is 15.8. The molecule has 0 radical (unpaired) electrons. The van der Waals surface area contributed by atoms with Crippen LogP contribution in [0.15, 0.2) is 84.9 Å². The van der Waals surface area contributed by atoms with Crippen LogP contribution in [0, 0.1) is 0 Å². The number of amides is 1. The Labute approximate surface area is 168 Å². The van der Waals surface area contributed by atoms with E-state index in [2.05, 4.69) is 5.32 Å². The van der Waals surface area contributed by atoms with Gasteiger partial charge in [0.25, 0.3) is 0 Å². The van der Waals surface area contributed by atoms with E-state index < -0.39 is 12.0 Å². The molecule has 0 saturated heterocycles. The van der Waals surface area contributed by atoms with Gasteiger partial charge in [0.2, 0.25) is 5.91 Å². The van der Waals surface area contributed by atoms with Gasteiger partial charge in [-0.25, -0.2) is 4.79 Å². The highest BCUT2D eigenvalue weighted by Gasteiger charge is 2.20. The molecule has 29 heavy (non-hydrogen) atoms. The van der Waals surface area contributed by atoms with E-state index in [1.54, 1.807) is 0 Å². The summed E-state index contributed by atoms with van der Waals surface area (Å²) >= 11 is 0. The molecule has 0 spiro atoms. The Kier molecular flexibility index (Phi) is 5.25. The Bertz CT molecular complexity index is 1200. The number of hydrogen-bond acceptors (Lipinski definition) is 2. The Morgan fingerprint density at radius 1 is 0.724 bits per heavy atom. The van der Waals surface area contributed by atoms with Crippen molar-refractivity contribution in [2.24, 2.45) is 0 Å². The molecule has 0 heterocycles. The quantitative estimate of drug-likeness (QED) is 0.520. The van der Waals surface area contributed by atoms with E-state index in [9.17, 15) is 14.7 Å². The van der Waals surface area contributed by atoms with Crippen molar-refractivity contribution in [1.29, 1.82) is 0 Å². The van der Waals surface area contributed by atoms with Gasteiger partial charge in [-0.05, 0) is 32.7 Å². The first kappa shape index (κ1) is 18.7. The molecule has 0 fully saturated rings. The van der Waals surface area contributed by atoms with Gasteiger partial charge >= 0.3 is 5.97 Å². The lowest BCUT2D eigenvalue weighted by Gasteiger charge is -2.15. The molecule has 4 aromatic carbocycles. The smallest absolute Gasteiger partial charge is 0.326 e. The lowest BCUT2D eigenvalue weighted by Crippen LogP contribution is -2.43. The van der Waals surface area contributed by atoms with Crippen LogP contribution in [0.4, 0.5) is 0 Å². The molecule has 4 nitrogen and oxygen atoms in total. The molecule has 0 aromatic heterocycles. The lowest BCUT2D eigenvalue weighted by molar-refractivity contribution is -0.141. The predicted octanol–water partition coefficient (Wildman–Crippen LogP) is 4.35. The molecule has 1 atom stereocenters. The molecule has 0 saturated carbocycles. The first-order chi connectivity index (χ1) is 14.1. The van der Waals surface area contributed by atoms with Gasteiger partial charge < -0.3 is 10.4 Å². The fraction of sp³-hybridized carbons (Fsp3) is 0.120. The van der Waals surface area contributed by atoms with E-state index in [4.69, 9.17) is 0 Å². The number of carbonyl (C=O) groups is 2. The number of hydrogen-bond donors (Lipinski definition) is 2. The Morgan fingerprint density at radius 2 is 1.24 bits per heavy atom. The zero-order valence-electron chi connectivity index (χ0n) is 15.8. The van der Waals surface area contributed by atoms with Crippen molar-refractivity contribution in [1.82, 2.24) is 5.32 Å². The average Bonchev–Trinajstić information content (AvgIpc) is 2.73. The summed E-state index contributed by atoms with van der Waals surface area (Å²) in [6.45, 7) is 0. The molecular formula is C25H21NO3. The average molecular weight is 383 g/mol. The minimum Gasteiger partial charge on any atom is -0.480 e. The van der Waals surface area contributed by atoms with Crippen molar-refractivity contribution >= 4 is 33.4 Å². The number of aliphatic carboxylic acids is 1. The van der Waals surface area contributed by atoms with Crippen molar-refractivity contribution < 1.29 is 14.7 Å². The van der Waals surface area contributed by atoms with Gasteiger partial charge in [-0.1, -0.05) is 84.9 Å². The summed E-state index contributed by atoms with van der Waals surface area (Å²) in [5.74, 6) is -1.33. The summed E-state index contributed by atoms with van der Waals surface area (Å²) in [4.78, 5) is 24.2. The van der Waals surface area contributed by atoms with Crippen LogP contribution in [-0.2, 0) is 22.4 Å². The van der Waals surface area contributed by atoms with Gasteiger partial charge in [0.15, 0.2) is 0 Å².